The summed E-state index contributed by atoms with van der Waals surface area (Å²) in [4.78, 5) is 2.53. The molecule has 1 unspecified atom stereocenters. The maximum absolute atomic E-state index is 9.90. The molecule has 1 fully saturated rings. The quantitative estimate of drug-likeness (QED) is 0.864. The van der Waals surface area contributed by atoms with Gasteiger partial charge < -0.3 is 5.11 Å². The predicted molar refractivity (Wildman–Crippen MR) is 71.2 cm³/mol. The minimum atomic E-state index is 0.441. The largest absolute Gasteiger partial charge is 0.508 e. The van der Waals surface area contributed by atoms with E-state index in [0.29, 0.717) is 11.8 Å². The molecule has 0 bridgehead atoms. The molecule has 17 heavy (non-hydrogen) atoms. The van der Waals surface area contributed by atoms with E-state index in [1.807, 2.05) is 12.1 Å². The number of phenols is 1. The molecule has 1 aliphatic heterocycles. The Balaban J connectivity index is 2.10. The van der Waals surface area contributed by atoms with Gasteiger partial charge in [-0.05, 0) is 38.8 Å². The van der Waals surface area contributed by atoms with Crippen molar-refractivity contribution >= 4 is 0 Å². The molecule has 1 heterocycles. The smallest absolute Gasteiger partial charge is 0.120 e. The number of nitrogens with zero attached hydrogens (tertiary/aromatic N) is 1. The van der Waals surface area contributed by atoms with Crippen LogP contribution in [0, 0.1) is 6.92 Å². The van der Waals surface area contributed by atoms with E-state index in [9.17, 15) is 5.11 Å². The van der Waals surface area contributed by atoms with Gasteiger partial charge in [0, 0.05) is 18.2 Å². The van der Waals surface area contributed by atoms with E-state index < -0.39 is 0 Å². The molecule has 1 aliphatic rings. The normalized spacial score (nSPS) is 21.6. The van der Waals surface area contributed by atoms with Gasteiger partial charge in [-0.1, -0.05) is 31.0 Å². The average molecular weight is 233 g/mol. The Labute approximate surface area is 104 Å². The molecule has 0 aliphatic carbocycles. The van der Waals surface area contributed by atoms with Gasteiger partial charge in [0.1, 0.15) is 5.75 Å². The van der Waals surface area contributed by atoms with Gasteiger partial charge in [0.15, 0.2) is 0 Å². The molecule has 0 saturated carbocycles. The molecule has 1 atom stereocenters. The van der Waals surface area contributed by atoms with Gasteiger partial charge in [-0.15, -0.1) is 0 Å². The van der Waals surface area contributed by atoms with Crippen molar-refractivity contribution < 1.29 is 5.11 Å². The number of phenolic OH excluding ortho intramolecular Hbond substituents is 1. The summed E-state index contributed by atoms with van der Waals surface area (Å²) < 4.78 is 0. The second-order valence-corrected chi connectivity index (χ2v) is 5.16. The average Bonchev–Trinajstić information content (AvgIpc) is 2.34. The lowest BCUT2D eigenvalue weighted by Gasteiger charge is -2.35. The van der Waals surface area contributed by atoms with Gasteiger partial charge in [-0.2, -0.15) is 0 Å². The highest BCUT2D eigenvalue weighted by molar-refractivity contribution is 5.35. The molecular weight excluding hydrogens is 210 g/mol. The number of hydrogen-bond donors (Lipinski definition) is 1. The molecule has 0 radical (unpaired) electrons. The first kappa shape index (κ1) is 12.4. The molecule has 0 spiro atoms. The monoisotopic (exact) mass is 233 g/mol. The SMILES string of the molecule is CCC1CCCCN1Cc1cc(C)ccc1O. The van der Waals surface area contributed by atoms with E-state index in [2.05, 4.69) is 24.8 Å². The van der Waals surface area contributed by atoms with Crippen LogP contribution in [0.1, 0.15) is 43.7 Å². The van der Waals surface area contributed by atoms with Crippen molar-refractivity contribution in [3.05, 3.63) is 29.3 Å². The first-order chi connectivity index (χ1) is 8.20. The summed E-state index contributed by atoms with van der Waals surface area (Å²) in [6.07, 6.45) is 5.17. The van der Waals surface area contributed by atoms with Crippen LogP contribution >= 0.6 is 0 Å². The number of rotatable bonds is 3. The maximum Gasteiger partial charge on any atom is 0.120 e. The van der Waals surface area contributed by atoms with Crippen molar-refractivity contribution in [1.29, 1.82) is 0 Å². The zero-order valence-electron chi connectivity index (χ0n) is 10.9. The van der Waals surface area contributed by atoms with E-state index in [4.69, 9.17) is 0 Å². The summed E-state index contributed by atoms with van der Waals surface area (Å²) in [7, 11) is 0. The molecule has 2 nitrogen and oxygen atoms in total. The Morgan fingerprint density at radius 3 is 2.94 bits per heavy atom. The summed E-state index contributed by atoms with van der Waals surface area (Å²) >= 11 is 0. The highest BCUT2D eigenvalue weighted by atomic mass is 16.3. The van der Waals surface area contributed by atoms with Crippen molar-refractivity contribution in [2.45, 2.75) is 52.1 Å². The van der Waals surface area contributed by atoms with Crippen LogP contribution in [0.2, 0.25) is 0 Å². The molecule has 1 saturated heterocycles. The third-order valence-electron chi connectivity index (χ3n) is 3.83. The second-order valence-electron chi connectivity index (χ2n) is 5.16. The zero-order chi connectivity index (χ0) is 12.3. The summed E-state index contributed by atoms with van der Waals surface area (Å²) in [6.45, 7) is 6.41. The first-order valence-electron chi connectivity index (χ1n) is 6.73. The highest BCUT2D eigenvalue weighted by Gasteiger charge is 2.21. The summed E-state index contributed by atoms with van der Waals surface area (Å²) in [5.74, 6) is 0.441. The minimum Gasteiger partial charge on any atom is -0.508 e. The molecule has 0 aromatic heterocycles. The Bertz CT molecular complexity index is 375. The summed E-state index contributed by atoms with van der Waals surface area (Å²) in [5, 5.41) is 9.90. The van der Waals surface area contributed by atoms with Gasteiger partial charge in [0.05, 0.1) is 0 Å². The third kappa shape index (κ3) is 3.01. The summed E-state index contributed by atoms with van der Waals surface area (Å²) in [6, 6.07) is 6.59. The molecule has 2 heteroatoms. The molecule has 94 valence electrons. The van der Waals surface area contributed by atoms with Crippen LogP contribution in [0.25, 0.3) is 0 Å². The Kier molecular flexibility index (Phi) is 4.06. The molecule has 1 aromatic rings. The number of likely N-dealkylation sites (tertiary alicyclic amines) is 1. The van der Waals surface area contributed by atoms with Gasteiger partial charge in [-0.3, -0.25) is 4.90 Å². The van der Waals surface area contributed by atoms with E-state index in [1.165, 1.54) is 37.8 Å². The highest BCUT2D eigenvalue weighted by Crippen LogP contribution is 2.25. The van der Waals surface area contributed by atoms with E-state index in [-0.39, 0.29) is 0 Å². The third-order valence-corrected chi connectivity index (χ3v) is 3.83. The number of hydrogen-bond acceptors (Lipinski definition) is 2. The Morgan fingerprint density at radius 1 is 1.35 bits per heavy atom. The van der Waals surface area contributed by atoms with Crippen molar-refractivity contribution in [3.63, 3.8) is 0 Å². The first-order valence-corrected chi connectivity index (χ1v) is 6.73. The number of aryl methyl sites for hydroxylation is 1. The number of benzene rings is 1. The van der Waals surface area contributed by atoms with Crippen LogP contribution in [0.5, 0.6) is 5.75 Å². The fourth-order valence-electron chi connectivity index (χ4n) is 2.79. The lowest BCUT2D eigenvalue weighted by Crippen LogP contribution is -2.38. The van der Waals surface area contributed by atoms with Crippen molar-refractivity contribution in [3.8, 4) is 5.75 Å². The number of piperidine rings is 1. The molecule has 0 amide bonds. The minimum absolute atomic E-state index is 0.441. The van der Waals surface area contributed by atoms with Gasteiger partial charge >= 0.3 is 0 Å². The van der Waals surface area contributed by atoms with Crippen LogP contribution in [-0.2, 0) is 6.54 Å². The predicted octanol–water partition coefficient (Wildman–Crippen LogP) is 3.47. The van der Waals surface area contributed by atoms with E-state index in [0.717, 1.165) is 12.1 Å². The number of aromatic hydroxyl groups is 1. The van der Waals surface area contributed by atoms with Crippen molar-refractivity contribution in [2.75, 3.05) is 6.54 Å². The Morgan fingerprint density at radius 2 is 2.18 bits per heavy atom. The van der Waals surface area contributed by atoms with E-state index >= 15 is 0 Å². The zero-order valence-corrected chi connectivity index (χ0v) is 10.9. The standard InChI is InChI=1S/C15H23NO/c1-3-14-6-4-5-9-16(14)11-13-10-12(2)7-8-15(13)17/h7-8,10,14,17H,3-6,9,11H2,1-2H3. The molecular formula is C15H23NO. The van der Waals surface area contributed by atoms with Crippen LogP contribution in [-0.4, -0.2) is 22.6 Å². The lowest BCUT2D eigenvalue weighted by molar-refractivity contribution is 0.135. The van der Waals surface area contributed by atoms with Gasteiger partial charge in [0.2, 0.25) is 0 Å². The molecule has 2 rings (SSSR count). The summed E-state index contributed by atoms with van der Waals surface area (Å²) in [5.41, 5.74) is 2.30. The fourth-order valence-corrected chi connectivity index (χ4v) is 2.79. The molecule has 1 N–H and O–H groups in total. The van der Waals surface area contributed by atoms with E-state index in [1.54, 1.807) is 0 Å². The van der Waals surface area contributed by atoms with Crippen molar-refractivity contribution in [2.24, 2.45) is 0 Å². The Hall–Kier alpha value is -1.02. The van der Waals surface area contributed by atoms with Gasteiger partial charge in [0.25, 0.3) is 0 Å². The van der Waals surface area contributed by atoms with Crippen molar-refractivity contribution in [1.82, 2.24) is 4.90 Å². The topological polar surface area (TPSA) is 23.5 Å². The van der Waals surface area contributed by atoms with Crippen LogP contribution in [0.3, 0.4) is 0 Å². The van der Waals surface area contributed by atoms with Crippen LogP contribution < -0.4 is 0 Å². The fraction of sp³-hybridized carbons (Fsp3) is 0.600. The van der Waals surface area contributed by atoms with Crippen LogP contribution in [0.4, 0.5) is 0 Å². The molecule has 1 aromatic carbocycles. The maximum atomic E-state index is 9.90. The second kappa shape index (κ2) is 5.54. The van der Waals surface area contributed by atoms with Gasteiger partial charge in [-0.25, -0.2) is 0 Å². The lowest BCUT2D eigenvalue weighted by atomic mass is 9.99. The van der Waals surface area contributed by atoms with Crippen LogP contribution in [0.15, 0.2) is 18.2 Å².